The number of carbonyl (C=O) groups excluding carboxylic acids is 1. The molecule has 0 radical (unpaired) electrons. The molecule has 0 saturated carbocycles. The van der Waals surface area contributed by atoms with Crippen LogP contribution in [0.2, 0.25) is 0 Å². The number of rotatable bonds is 5. The van der Waals surface area contributed by atoms with E-state index >= 15 is 0 Å². The Morgan fingerprint density at radius 1 is 1.46 bits per heavy atom. The number of hydrogen-bond acceptors (Lipinski definition) is 3. The second-order valence-electron chi connectivity index (χ2n) is 7.04. The van der Waals surface area contributed by atoms with E-state index in [1.54, 1.807) is 6.20 Å². The summed E-state index contributed by atoms with van der Waals surface area (Å²) in [4.78, 5) is 14.9. The molecule has 1 aromatic carbocycles. The number of amides is 1. The van der Waals surface area contributed by atoms with Crippen molar-refractivity contribution in [2.45, 2.75) is 45.7 Å². The third kappa shape index (κ3) is 3.85. The molecule has 2 N–H and O–H groups in total. The Balaban J connectivity index is 1.56. The lowest BCUT2D eigenvalue weighted by molar-refractivity contribution is 0.0936. The number of nitrogens with one attached hydrogen (secondary N) is 2. The first-order valence-corrected chi connectivity index (χ1v) is 8.65. The van der Waals surface area contributed by atoms with Gasteiger partial charge in [0, 0.05) is 25.7 Å². The fraction of sp³-hybridized carbons (Fsp3) is 0.474. The van der Waals surface area contributed by atoms with E-state index in [4.69, 9.17) is 0 Å². The van der Waals surface area contributed by atoms with Crippen molar-refractivity contribution in [3.05, 3.63) is 52.8 Å². The first-order valence-electron chi connectivity index (χ1n) is 8.65. The summed E-state index contributed by atoms with van der Waals surface area (Å²) >= 11 is 0. The van der Waals surface area contributed by atoms with Gasteiger partial charge in [-0.25, -0.2) is 0 Å². The van der Waals surface area contributed by atoms with E-state index in [-0.39, 0.29) is 17.9 Å². The van der Waals surface area contributed by atoms with Gasteiger partial charge in [-0.3, -0.25) is 14.8 Å². The third-order valence-electron chi connectivity index (χ3n) is 4.59. The van der Waals surface area contributed by atoms with Crippen LogP contribution in [-0.2, 0) is 6.54 Å². The number of H-pyrrole nitrogens is 1. The van der Waals surface area contributed by atoms with Crippen LogP contribution in [0.1, 0.15) is 53.4 Å². The summed E-state index contributed by atoms with van der Waals surface area (Å²) in [5.41, 5.74) is 4.20. The molecule has 1 amide bonds. The van der Waals surface area contributed by atoms with Gasteiger partial charge in [-0.15, -0.1) is 0 Å². The summed E-state index contributed by atoms with van der Waals surface area (Å²) in [5.74, 6) is 0.240. The van der Waals surface area contributed by atoms with Gasteiger partial charge in [0.15, 0.2) is 0 Å². The molecule has 0 spiro atoms. The molecular formula is C19H26N4O. The van der Waals surface area contributed by atoms with Crippen LogP contribution in [0.3, 0.4) is 0 Å². The highest BCUT2D eigenvalue weighted by Gasteiger charge is 2.25. The Labute approximate surface area is 143 Å². The van der Waals surface area contributed by atoms with Crippen molar-refractivity contribution in [1.29, 1.82) is 0 Å². The number of nitrogens with zero attached hydrogens (tertiary/aromatic N) is 2. The highest BCUT2D eigenvalue weighted by Crippen LogP contribution is 2.18. The fourth-order valence-electron chi connectivity index (χ4n) is 3.34. The maximum atomic E-state index is 12.5. The number of aromatic nitrogens is 2. The van der Waals surface area contributed by atoms with Crippen molar-refractivity contribution in [1.82, 2.24) is 20.4 Å². The highest BCUT2D eigenvalue weighted by molar-refractivity contribution is 5.95. The minimum Gasteiger partial charge on any atom is -0.348 e. The van der Waals surface area contributed by atoms with Crippen molar-refractivity contribution < 1.29 is 4.79 Å². The number of carbonyl (C=O) groups is 1. The molecule has 24 heavy (non-hydrogen) atoms. The number of likely N-dealkylation sites (tertiary alicyclic amines) is 1. The zero-order chi connectivity index (χ0) is 17.1. The van der Waals surface area contributed by atoms with Gasteiger partial charge in [-0.1, -0.05) is 43.7 Å². The SMILES string of the molecule is Cc1cccc(CN2CCC(NC(=O)c3cn[nH]c3C(C)C)C2)c1. The molecule has 1 fully saturated rings. The molecule has 2 heterocycles. The van der Waals surface area contributed by atoms with Gasteiger partial charge in [0.2, 0.25) is 0 Å². The molecule has 5 nitrogen and oxygen atoms in total. The highest BCUT2D eigenvalue weighted by atomic mass is 16.1. The quantitative estimate of drug-likeness (QED) is 0.888. The average molecular weight is 326 g/mol. The molecular weight excluding hydrogens is 300 g/mol. The zero-order valence-corrected chi connectivity index (χ0v) is 14.7. The second-order valence-corrected chi connectivity index (χ2v) is 7.04. The van der Waals surface area contributed by atoms with Crippen molar-refractivity contribution in [3.63, 3.8) is 0 Å². The van der Waals surface area contributed by atoms with Gasteiger partial charge < -0.3 is 5.32 Å². The van der Waals surface area contributed by atoms with Crippen molar-refractivity contribution in [2.24, 2.45) is 0 Å². The Bertz CT molecular complexity index is 707. The van der Waals surface area contributed by atoms with E-state index in [1.807, 2.05) is 0 Å². The van der Waals surface area contributed by atoms with E-state index in [1.165, 1.54) is 11.1 Å². The first kappa shape index (κ1) is 16.7. The summed E-state index contributed by atoms with van der Waals surface area (Å²) in [5, 5.41) is 10.1. The van der Waals surface area contributed by atoms with Crippen LogP contribution in [0.4, 0.5) is 0 Å². The van der Waals surface area contributed by atoms with E-state index in [0.29, 0.717) is 5.56 Å². The van der Waals surface area contributed by atoms with Crippen molar-refractivity contribution >= 4 is 5.91 Å². The summed E-state index contributed by atoms with van der Waals surface area (Å²) < 4.78 is 0. The smallest absolute Gasteiger partial charge is 0.255 e. The second kappa shape index (κ2) is 7.18. The lowest BCUT2D eigenvalue weighted by Gasteiger charge is -2.17. The first-order chi connectivity index (χ1) is 11.5. The molecule has 2 aromatic rings. The average Bonchev–Trinajstić information content (AvgIpc) is 3.16. The Hall–Kier alpha value is -2.14. The largest absolute Gasteiger partial charge is 0.348 e. The molecule has 1 saturated heterocycles. The van der Waals surface area contributed by atoms with Crippen LogP contribution in [-0.4, -0.2) is 40.1 Å². The number of aryl methyl sites for hydroxylation is 1. The Kier molecular flexibility index (Phi) is 5.00. The zero-order valence-electron chi connectivity index (χ0n) is 14.7. The minimum atomic E-state index is -0.0187. The lowest BCUT2D eigenvalue weighted by Crippen LogP contribution is -2.37. The van der Waals surface area contributed by atoms with Crippen LogP contribution in [0.25, 0.3) is 0 Å². The van der Waals surface area contributed by atoms with E-state index in [0.717, 1.165) is 31.7 Å². The number of hydrogen-bond donors (Lipinski definition) is 2. The molecule has 0 aliphatic carbocycles. The van der Waals surface area contributed by atoms with Crippen molar-refractivity contribution in [3.8, 4) is 0 Å². The molecule has 1 aliphatic rings. The maximum Gasteiger partial charge on any atom is 0.255 e. The van der Waals surface area contributed by atoms with Gasteiger partial charge in [-0.05, 0) is 24.8 Å². The summed E-state index contributed by atoms with van der Waals surface area (Å²) in [6.07, 6.45) is 2.62. The molecule has 5 heteroatoms. The van der Waals surface area contributed by atoms with E-state index in [2.05, 4.69) is 65.5 Å². The Morgan fingerprint density at radius 3 is 3.04 bits per heavy atom. The van der Waals surface area contributed by atoms with E-state index in [9.17, 15) is 4.79 Å². The summed E-state index contributed by atoms with van der Waals surface area (Å²) in [6, 6.07) is 8.82. The third-order valence-corrected chi connectivity index (χ3v) is 4.59. The molecule has 1 unspecified atom stereocenters. The summed E-state index contributed by atoms with van der Waals surface area (Å²) in [7, 11) is 0. The van der Waals surface area contributed by atoms with Crippen LogP contribution in [0.5, 0.6) is 0 Å². The normalized spacial score (nSPS) is 18.2. The molecule has 128 valence electrons. The summed E-state index contributed by atoms with van der Waals surface area (Å²) in [6.45, 7) is 9.09. The van der Waals surface area contributed by atoms with Crippen LogP contribution in [0, 0.1) is 6.92 Å². The lowest BCUT2D eigenvalue weighted by atomic mass is 10.1. The fourth-order valence-corrected chi connectivity index (χ4v) is 3.34. The molecule has 1 aromatic heterocycles. The van der Waals surface area contributed by atoms with Crippen LogP contribution < -0.4 is 5.32 Å². The number of aromatic amines is 1. The van der Waals surface area contributed by atoms with Gasteiger partial charge in [0.1, 0.15) is 0 Å². The van der Waals surface area contributed by atoms with Gasteiger partial charge in [0.25, 0.3) is 5.91 Å². The Morgan fingerprint density at radius 2 is 2.29 bits per heavy atom. The minimum absolute atomic E-state index is 0.0187. The van der Waals surface area contributed by atoms with Crippen LogP contribution in [0.15, 0.2) is 30.5 Å². The van der Waals surface area contributed by atoms with Crippen LogP contribution >= 0.6 is 0 Å². The predicted octanol–water partition coefficient (Wildman–Crippen LogP) is 2.85. The van der Waals surface area contributed by atoms with Crippen molar-refractivity contribution in [2.75, 3.05) is 13.1 Å². The molecule has 1 atom stereocenters. The topological polar surface area (TPSA) is 61.0 Å². The van der Waals surface area contributed by atoms with Gasteiger partial charge in [0.05, 0.1) is 17.5 Å². The maximum absolute atomic E-state index is 12.5. The molecule has 1 aliphatic heterocycles. The monoisotopic (exact) mass is 326 g/mol. The molecule has 3 rings (SSSR count). The molecule has 0 bridgehead atoms. The number of benzene rings is 1. The van der Waals surface area contributed by atoms with E-state index < -0.39 is 0 Å². The predicted molar refractivity (Wildman–Crippen MR) is 95.0 cm³/mol. The van der Waals surface area contributed by atoms with Gasteiger partial charge >= 0.3 is 0 Å². The van der Waals surface area contributed by atoms with Gasteiger partial charge in [-0.2, -0.15) is 5.10 Å². The standard InChI is InChI=1S/C19H26N4O/c1-13(2)18-17(10-20-22-18)19(24)21-16-7-8-23(12-16)11-15-6-4-5-14(3)9-15/h4-6,9-10,13,16H,7-8,11-12H2,1-3H3,(H,20,22)(H,21,24).